The van der Waals surface area contributed by atoms with E-state index >= 15 is 0 Å². The van der Waals surface area contributed by atoms with Crippen LogP contribution in [-0.4, -0.2) is 53.4 Å². The molecule has 1 fully saturated rings. The first-order valence-electron chi connectivity index (χ1n) is 8.55. The molecular formula is C18H18BrF2N3O4. The fourth-order valence-electron chi connectivity index (χ4n) is 2.88. The molecule has 28 heavy (non-hydrogen) atoms. The number of aromatic nitrogens is 1. The van der Waals surface area contributed by atoms with E-state index in [0.717, 1.165) is 16.8 Å². The van der Waals surface area contributed by atoms with Crippen molar-refractivity contribution in [2.45, 2.75) is 6.54 Å². The molecule has 0 radical (unpaired) electrons. The van der Waals surface area contributed by atoms with Gasteiger partial charge in [-0.2, -0.15) is 4.39 Å². The van der Waals surface area contributed by atoms with Gasteiger partial charge in [0.1, 0.15) is 11.4 Å². The molecule has 7 nitrogen and oxygen atoms in total. The first kappa shape index (κ1) is 20.4. The minimum atomic E-state index is -1.43. The van der Waals surface area contributed by atoms with Crippen LogP contribution in [0.1, 0.15) is 10.4 Å². The number of carboxylic acid groups (broad SMARTS) is 1. The molecule has 0 saturated carbocycles. The zero-order chi connectivity index (χ0) is 20.3. The lowest BCUT2D eigenvalue weighted by molar-refractivity contribution is 0.0362. The summed E-state index contributed by atoms with van der Waals surface area (Å²) in [5.41, 5.74) is -2.14. The molecule has 0 atom stereocenters. The van der Waals surface area contributed by atoms with E-state index in [4.69, 9.17) is 4.74 Å². The molecule has 1 aromatic carbocycles. The van der Waals surface area contributed by atoms with Gasteiger partial charge >= 0.3 is 5.97 Å². The third-order valence-electron chi connectivity index (χ3n) is 4.40. The maximum absolute atomic E-state index is 14.7. The molecule has 0 unspecified atom stereocenters. The van der Waals surface area contributed by atoms with Crippen LogP contribution in [0.2, 0.25) is 0 Å². The average molecular weight is 458 g/mol. The zero-order valence-corrected chi connectivity index (χ0v) is 16.3. The Morgan fingerprint density at radius 2 is 1.96 bits per heavy atom. The molecule has 1 aliphatic rings. The Balaban J connectivity index is 1.91. The summed E-state index contributed by atoms with van der Waals surface area (Å²) >= 11 is 3.10. The van der Waals surface area contributed by atoms with Crippen LogP contribution in [0.25, 0.3) is 0 Å². The molecule has 2 heterocycles. The van der Waals surface area contributed by atoms with Gasteiger partial charge in [0.15, 0.2) is 0 Å². The van der Waals surface area contributed by atoms with Gasteiger partial charge in [-0.1, -0.05) is 15.9 Å². The molecule has 3 rings (SSSR count). The van der Waals surface area contributed by atoms with Crippen LogP contribution < -0.4 is 10.9 Å². The fraction of sp³-hybridized carbons (Fsp3) is 0.333. The smallest absolute Gasteiger partial charge is 0.339 e. The quantitative estimate of drug-likeness (QED) is 0.693. The largest absolute Gasteiger partial charge is 0.478 e. The number of carboxylic acids is 1. The van der Waals surface area contributed by atoms with E-state index in [-0.39, 0.29) is 12.2 Å². The standard InChI is InChI=1S/C18H18BrF2N3O4/c19-11-1-2-14(13(20)9-11)22-16-12(18(26)27)10-24(17(25)15(16)21)4-3-23-5-7-28-8-6-23/h1-2,9-10,22H,3-8H2,(H,26,27). The van der Waals surface area contributed by atoms with Gasteiger partial charge in [-0.3, -0.25) is 9.69 Å². The number of nitrogens with zero attached hydrogens (tertiary/aromatic N) is 2. The average Bonchev–Trinajstić information content (AvgIpc) is 2.67. The Kier molecular flexibility index (Phi) is 6.42. The summed E-state index contributed by atoms with van der Waals surface area (Å²) in [5.74, 6) is -3.43. The number of hydrogen-bond donors (Lipinski definition) is 2. The highest BCUT2D eigenvalue weighted by atomic mass is 79.9. The van der Waals surface area contributed by atoms with Gasteiger partial charge in [0, 0.05) is 36.8 Å². The molecule has 0 amide bonds. The van der Waals surface area contributed by atoms with Gasteiger partial charge in [0.25, 0.3) is 5.56 Å². The number of aromatic carboxylic acids is 1. The summed E-state index contributed by atoms with van der Waals surface area (Å²) in [6.07, 6.45) is 1.08. The highest BCUT2D eigenvalue weighted by molar-refractivity contribution is 9.10. The van der Waals surface area contributed by atoms with Crippen LogP contribution in [0, 0.1) is 11.6 Å². The molecule has 1 aromatic heterocycles. The Morgan fingerprint density at radius 1 is 1.25 bits per heavy atom. The summed E-state index contributed by atoms with van der Waals surface area (Å²) in [4.78, 5) is 26.0. The Morgan fingerprint density at radius 3 is 2.61 bits per heavy atom. The van der Waals surface area contributed by atoms with Crippen LogP contribution in [0.3, 0.4) is 0 Å². The topological polar surface area (TPSA) is 83.8 Å². The molecule has 0 aliphatic carbocycles. The number of ether oxygens (including phenoxy) is 1. The van der Waals surface area contributed by atoms with Gasteiger partial charge in [-0.25, -0.2) is 9.18 Å². The maximum atomic E-state index is 14.7. The second-order valence-corrected chi connectivity index (χ2v) is 7.15. The van der Waals surface area contributed by atoms with Gasteiger partial charge < -0.3 is 19.7 Å². The first-order valence-corrected chi connectivity index (χ1v) is 9.34. The van der Waals surface area contributed by atoms with Crippen molar-refractivity contribution in [3.05, 3.63) is 56.4 Å². The summed E-state index contributed by atoms with van der Waals surface area (Å²) in [7, 11) is 0. The Hall–Kier alpha value is -2.30. The van der Waals surface area contributed by atoms with Crippen LogP contribution in [-0.2, 0) is 11.3 Å². The van der Waals surface area contributed by atoms with Crippen molar-refractivity contribution in [3.63, 3.8) is 0 Å². The minimum absolute atomic E-state index is 0.128. The molecule has 10 heteroatoms. The molecule has 2 N–H and O–H groups in total. The van der Waals surface area contributed by atoms with Crippen LogP contribution >= 0.6 is 15.9 Å². The monoisotopic (exact) mass is 457 g/mol. The van der Waals surface area contributed by atoms with Crippen molar-refractivity contribution in [1.82, 2.24) is 9.47 Å². The van der Waals surface area contributed by atoms with Crippen molar-refractivity contribution >= 4 is 33.3 Å². The summed E-state index contributed by atoms with van der Waals surface area (Å²) in [6, 6.07) is 3.96. The van der Waals surface area contributed by atoms with E-state index in [1.54, 1.807) is 0 Å². The highest BCUT2D eigenvalue weighted by Crippen LogP contribution is 2.26. The summed E-state index contributed by atoms with van der Waals surface area (Å²) in [6.45, 7) is 3.10. The van der Waals surface area contributed by atoms with E-state index < -0.39 is 34.4 Å². The lowest BCUT2D eigenvalue weighted by Gasteiger charge is -2.26. The van der Waals surface area contributed by atoms with E-state index in [1.807, 2.05) is 4.90 Å². The lowest BCUT2D eigenvalue weighted by atomic mass is 10.2. The SMILES string of the molecule is O=C(O)c1cn(CCN2CCOCC2)c(=O)c(F)c1Nc1ccc(Br)cc1F. The second kappa shape index (κ2) is 8.80. The number of morpholine rings is 1. The van der Waals surface area contributed by atoms with Crippen molar-refractivity contribution < 1.29 is 23.4 Å². The number of pyridine rings is 1. The summed E-state index contributed by atoms with van der Waals surface area (Å²) < 4.78 is 35.5. The summed E-state index contributed by atoms with van der Waals surface area (Å²) in [5, 5.41) is 11.9. The Labute approximate surface area is 167 Å². The molecular weight excluding hydrogens is 440 g/mol. The Bertz CT molecular complexity index is 945. The maximum Gasteiger partial charge on any atom is 0.339 e. The van der Waals surface area contributed by atoms with Crippen molar-refractivity contribution in [2.24, 2.45) is 0 Å². The van der Waals surface area contributed by atoms with Crippen LogP contribution in [0.5, 0.6) is 0 Å². The molecule has 1 saturated heterocycles. The number of halogens is 3. The minimum Gasteiger partial charge on any atom is -0.478 e. The van der Waals surface area contributed by atoms with Gasteiger partial charge in [-0.05, 0) is 18.2 Å². The van der Waals surface area contributed by atoms with Crippen molar-refractivity contribution in [3.8, 4) is 0 Å². The molecule has 1 aliphatic heterocycles. The van der Waals surface area contributed by atoms with Gasteiger partial charge in [0.05, 0.1) is 24.6 Å². The molecule has 150 valence electrons. The van der Waals surface area contributed by atoms with Crippen LogP contribution in [0.4, 0.5) is 20.2 Å². The predicted molar refractivity (Wildman–Crippen MR) is 102 cm³/mol. The lowest BCUT2D eigenvalue weighted by Crippen LogP contribution is -2.39. The number of benzene rings is 1. The number of nitrogens with one attached hydrogen (secondary N) is 1. The van der Waals surface area contributed by atoms with E-state index in [2.05, 4.69) is 21.2 Å². The van der Waals surface area contributed by atoms with Crippen molar-refractivity contribution in [2.75, 3.05) is 38.2 Å². The number of hydrogen-bond acceptors (Lipinski definition) is 5. The van der Waals surface area contributed by atoms with E-state index in [1.165, 1.54) is 12.1 Å². The fourth-order valence-corrected chi connectivity index (χ4v) is 3.21. The predicted octanol–water partition coefficient (Wildman–Crippen LogP) is 2.66. The molecule has 0 bridgehead atoms. The highest BCUT2D eigenvalue weighted by Gasteiger charge is 2.22. The normalized spacial score (nSPS) is 14.8. The van der Waals surface area contributed by atoms with Gasteiger partial charge in [-0.15, -0.1) is 0 Å². The second-order valence-electron chi connectivity index (χ2n) is 6.24. The molecule has 2 aromatic rings. The van der Waals surface area contributed by atoms with Crippen molar-refractivity contribution in [1.29, 1.82) is 0 Å². The third kappa shape index (κ3) is 4.57. The number of rotatable bonds is 6. The third-order valence-corrected chi connectivity index (χ3v) is 4.90. The zero-order valence-electron chi connectivity index (χ0n) is 14.8. The first-order chi connectivity index (χ1) is 13.4. The van der Waals surface area contributed by atoms with E-state index in [0.29, 0.717) is 37.3 Å². The number of anilines is 2. The molecule has 0 spiro atoms. The van der Waals surface area contributed by atoms with Gasteiger partial charge in [0.2, 0.25) is 5.82 Å². The van der Waals surface area contributed by atoms with E-state index in [9.17, 15) is 23.5 Å². The number of carbonyl (C=O) groups is 1. The van der Waals surface area contributed by atoms with Crippen LogP contribution in [0.15, 0.2) is 33.7 Å².